The van der Waals surface area contributed by atoms with Crippen LogP contribution in [0, 0.1) is 5.82 Å². The summed E-state index contributed by atoms with van der Waals surface area (Å²) in [6.07, 6.45) is 3.59. The Morgan fingerprint density at radius 1 is 1.43 bits per heavy atom. The van der Waals surface area contributed by atoms with Crippen LogP contribution in [-0.2, 0) is 4.74 Å². The highest BCUT2D eigenvalue weighted by atomic mass is 32.1. The van der Waals surface area contributed by atoms with Gasteiger partial charge in [-0.3, -0.25) is 5.32 Å². The number of ether oxygens (including phenoxy) is 1. The molecule has 0 aliphatic carbocycles. The summed E-state index contributed by atoms with van der Waals surface area (Å²) in [7, 11) is 0. The standard InChI is InChI=1S/C14H16FN5O2S/c15-11-6-9(18-14(21)19-13-8-17-20-23-13)3-4-12(11)16-7-10-2-1-5-22-10/h3-4,6,8,10,16H,1-2,5,7H2,(H2,18,19,21)/t10-/m0/s1. The van der Waals surface area contributed by atoms with E-state index in [2.05, 4.69) is 25.5 Å². The predicted molar refractivity (Wildman–Crippen MR) is 86.4 cm³/mol. The normalized spacial score (nSPS) is 17.0. The highest BCUT2D eigenvalue weighted by Crippen LogP contribution is 2.21. The van der Waals surface area contributed by atoms with Crippen LogP contribution in [0.1, 0.15) is 12.8 Å². The predicted octanol–water partition coefficient (Wildman–Crippen LogP) is 2.91. The van der Waals surface area contributed by atoms with Gasteiger partial charge in [-0.2, -0.15) is 0 Å². The molecular weight excluding hydrogens is 321 g/mol. The second-order valence-electron chi connectivity index (χ2n) is 5.07. The molecule has 1 aliphatic rings. The van der Waals surface area contributed by atoms with E-state index in [-0.39, 0.29) is 6.10 Å². The molecule has 1 aliphatic heterocycles. The molecular formula is C14H16FN5O2S. The fraction of sp³-hybridized carbons (Fsp3) is 0.357. The van der Waals surface area contributed by atoms with Crippen LogP contribution in [0.3, 0.4) is 0 Å². The van der Waals surface area contributed by atoms with Crippen LogP contribution in [-0.4, -0.2) is 34.9 Å². The molecule has 23 heavy (non-hydrogen) atoms. The molecule has 1 saturated heterocycles. The van der Waals surface area contributed by atoms with Crippen molar-refractivity contribution in [2.45, 2.75) is 18.9 Å². The number of urea groups is 1. The number of halogens is 1. The molecule has 1 fully saturated rings. The topological polar surface area (TPSA) is 88.2 Å². The molecule has 2 heterocycles. The molecule has 7 nitrogen and oxygen atoms in total. The maximum Gasteiger partial charge on any atom is 0.324 e. The van der Waals surface area contributed by atoms with Crippen molar-refractivity contribution in [2.24, 2.45) is 0 Å². The number of anilines is 3. The lowest BCUT2D eigenvalue weighted by Crippen LogP contribution is -2.20. The van der Waals surface area contributed by atoms with Crippen LogP contribution >= 0.6 is 11.5 Å². The number of hydrogen-bond acceptors (Lipinski definition) is 6. The molecule has 2 aromatic rings. The van der Waals surface area contributed by atoms with E-state index in [1.165, 1.54) is 12.3 Å². The number of carbonyl (C=O) groups is 1. The summed E-state index contributed by atoms with van der Waals surface area (Å²) in [4.78, 5) is 11.8. The Kier molecular flexibility index (Phi) is 4.99. The van der Waals surface area contributed by atoms with Gasteiger partial charge in [0.15, 0.2) is 0 Å². The third-order valence-corrected chi connectivity index (χ3v) is 3.95. The molecule has 3 N–H and O–H groups in total. The maximum absolute atomic E-state index is 14.1. The summed E-state index contributed by atoms with van der Waals surface area (Å²) in [5.41, 5.74) is 0.748. The number of hydrogen-bond donors (Lipinski definition) is 3. The minimum absolute atomic E-state index is 0.131. The van der Waals surface area contributed by atoms with E-state index in [4.69, 9.17) is 4.74 Å². The van der Waals surface area contributed by atoms with Crippen molar-refractivity contribution in [3.63, 3.8) is 0 Å². The average Bonchev–Trinajstić information content (AvgIpc) is 3.19. The smallest absolute Gasteiger partial charge is 0.324 e. The molecule has 9 heteroatoms. The first kappa shape index (κ1) is 15.6. The van der Waals surface area contributed by atoms with Crippen LogP contribution in [0.2, 0.25) is 0 Å². The average molecular weight is 337 g/mol. The summed E-state index contributed by atoms with van der Waals surface area (Å²) in [6.45, 7) is 1.34. The van der Waals surface area contributed by atoms with Crippen molar-refractivity contribution in [2.75, 3.05) is 29.1 Å². The number of aromatic nitrogens is 2. The minimum atomic E-state index is -0.476. The van der Waals surface area contributed by atoms with Gasteiger partial charge in [-0.25, -0.2) is 9.18 Å². The van der Waals surface area contributed by atoms with Crippen LogP contribution in [0.15, 0.2) is 24.4 Å². The summed E-state index contributed by atoms with van der Waals surface area (Å²) < 4.78 is 23.2. The van der Waals surface area contributed by atoms with E-state index in [0.29, 0.717) is 22.9 Å². The van der Waals surface area contributed by atoms with Crippen LogP contribution in [0.5, 0.6) is 0 Å². The van der Waals surface area contributed by atoms with E-state index >= 15 is 0 Å². The zero-order valence-corrected chi connectivity index (χ0v) is 13.0. The molecule has 0 spiro atoms. The fourth-order valence-electron chi connectivity index (χ4n) is 2.26. The van der Waals surface area contributed by atoms with Crippen LogP contribution < -0.4 is 16.0 Å². The van der Waals surface area contributed by atoms with Crippen molar-refractivity contribution in [3.05, 3.63) is 30.2 Å². The Morgan fingerprint density at radius 3 is 3.04 bits per heavy atom. The Morgan fingerprint density at radius 2 is 2.35 bits per heavy atom. The maximum atomic E-state index is 14.1. The SMILES string of the molecule is O=C(Nc1ccc(NC[C@@H]2CCCO2)c(F)c1)Nc1cnns1. The third-order valence-electron chi connectivity index (χ3n) is 3.37. The molecule has 0 bridgehead atoms. The highest BCUT2D eigenvalue weighted by molar-refractivity contribution is 7.10. The van der Waals surface area contributed by atoms with Gasteiger partial charge in [0.1, 0.15) is 10.8 Å². The number of amides is 2. The third kappa shape index (κ3) is 4.36. The first-order chi connectivity index (χ1) is 11.2. The van der Waals surface area contributed by atoms with Gasteiger partial charge in [-0.15, -0.1) is 5.10 Å². The van der Waals surface area contributed by atoms with Crippen molar-refractivity contribution in [1.29, 1.82) is 0 Å². The zero-order chi connectivity index (χ0) is 16.1. The lowest BCUT2D eigenvalue weighted by atomic mass is 10.2. The van der Waals surface area contributed by atoms with Crippen LogP contribution in [0.25, 0.3) is 0 Å². The minimum Gasteiger partial charge on any atom is -0.380 e. The fourth-order valence-corrected chi connectivity index (χ4v) is 2.68. The Hall–Kier alpha value is -2.26. The van der Waals surface area contributed by atoms with Crippen molar-refractivity contribution in [1.82, 2.24) is 9.59 Å². The summed E-state index contributed by atoms with van der Waals surface area (Å²) in [5.74, 6) is -0.430. The van der Waals surface area contributed by atoms with Gasteiger partial charge in [-0.1, -0.05) is 4.49 Å². The molecule has 122 valence electrons. The highest BCUT2D eigenvalue weighted by Gasteiger charge is 2.15. The van der Waals surface area contributed by atoms with Crippen molar-refractivity contribution >= 4 is 33.9 Å². The van der Waals surface area contributed by atoms with E-state index < -0.39 is 11.8 Å². The van der Waals surface area contributed by atoms with E-state index in [9.17, 15) is 9.18 Å². The van der Waals surface area contributed by atoms with Crippen LogP contribution in [0.4, 0.5) is 25.6 Å². The molecule has 0 unspecified atom stereocenters. The molecule has 1 aromatic carbocycles. The Bertz CT molecular complexity index is 661. The Labute approximate surface area is 136 Å². The first-order valence-corrected chi connectivity index (χ1v) is 7.98. The van der Waals surface area contributed by atoms with Crippen molar-refractivity contribution < 1.29 is 13.9 Å². The molecule has 1 atom stereocenters. The van der Waals surface area contributed by atoms with Gasteiger partial charge in [0, 0.05) is 30.4 Å². The van der Waals surface area contributed by atoms with Gasteiger partial charge >= 0.3 is 6.03 Å². The lowest BCUT2D eigenvalue weighted by Gasteiger charge is -2.13. The van der Waals surface area contributed by atoms with Gasteiger partial charge in [0.2, 0.25) is 0 Å². The number of carbonyl (C=O) groups excluding carboxylic acids is 1. The number of benzene rings is 1. The molecule has 1 aromatic heterocycles. The first-order valence-electron chi connectivity index (χ1n) is 7.21. The monoisotopic (exact) mass is 337 g/mol. The summed E-state index contributed by atoms with van der Waals surface area (Å²) in [5, 5.41) is 12.3. The largest absolute Gasteiger partial charge is 0.380 e. The number of rotatable bonds is 5. The molecule has 3 rings (SSSR count). The quantitative estimate of drug-likeness (QED) is 0.781. The number of nitrogens with zero attached hydrogens (tertiary/aromatic N) is 2. The zero-order valence-electron chi connectivity index (χ0n) is 12.2. The molecule has 2 amide bonds. The summed E-state index contributed by atoms with van der Waals surface area (Å²) in [6, 6.07) is 4.01. The molecule has 0 saturated carbocycles. The van der Waals surface area contributed by atoms with Gasteiger partial charge < -0.3 is 15.4 Å². The van der Waals surface area contributed by atoms with E-state index in [0.717, 1.165) is 31.0 Å². The lowest BCUT2D eigenvalue weighted by molar-refractivity contribution is 0.120. The van der Waals surface area contributed by atoms with Gasteiger partial charge in [0.25, 0.3) is 0 Å². The van der Waals surface area contributed by atoms with Gasteiger partial charge in [-0.05, 0) is 31.0 Å². The second kappa shape index (κ2) is 7.34. The second-order valence-corrected chi connectivity index (χ2v) is 5.86. The Balaban J connectivity index is 1.54. The van der Waals surface area contributed by atoms with E-state index in [1.54, 1.807) is 12.1 Å². The van der Waals surface area contributed by atoms with E-state index in [1.807, 2.05) is 0 Å². The van der Waals surface area contributed by atoms with Gasteiger partial charge in [0.05, 0.1) is 18.0 Å². The summed E-state index contributed by atoms with van der Waals surface area (Å²) >= 11 is 1.06. The number of nitrogens with one attached hydrogen (secondary N) is 3. The van der Waals surface area contributed by atoms with Crippen molar-refractivity contribution in [3.8, 4) is 0 Å². The molecule has 0 radical (unpaired) electrons.